The molecule has 1 unspecified atom stereocenters. The fourth-order valence-corrected chi connectivity index (χ4v) is 3.14. The zero-order valence-electron chi connectivity index (χ0n) is 12.5. The lowest BCUT2D eigenvalue weighted by Crippen LogP contribution is -2.52. The van der Waals surface area contributed by atoms with Gasteiger partial charge in [0.05, 0.1) is 0 Å². The van der Waals surface area contributed by atoms with Crippen molar-refractivity contribution in [3.8, 4) is 0 Å². The Morgan fingerprint density at radius 2 is 1.86 bits per heavy atom. The third-order valence-electron chi connectivity index (χ3n) is 4.44. The Hall–Kier alpha value is -1.84. The van der Waals surface area contributed by atoms with E-state index in [2.05, 4.69) is 5.32 Å². The molecule has 0 heterocycles. The van der Waals surface area contributed by atoms with E-state index in [4.69, 9.17) is 0 Å². The first-order chi connectivity index (χ1) is 10.1. The van der Waals surface area contributed by atoms with Gasteiger partial charge >= 0.3 is 5.97 Å². The van der Waals surface area contributed by atoms with Crippen molar-refractivity contribution in [1.29, 1.82) is 0 Å². The number of carbonyl (C=O) groups is 2. The number of hydrogen-bond acceptors (Lipinski definition) is 2. The molecule has 1 aliphatic carbocycles. The number of rotatable bonds is 6. The molecular weight excluding hydrogens is 266 g/mol. The van der Waals surface area contributed by atoms with Crippen LogP contribution in [0.4, 0.5) is 0 Å². The summed E-state index contributed by atoms with van der Waals surface area (Å²) in [5, 5.41) is 12.2. The van der Waals surface area contributed by atoms with E-state index in [-0.39, 0.29) is 11.8 Å². The van der Waals surface area contributed by atoms with Crippen molar-refractivity contribution in [2.24, 2.45) is 0 Å². The van der Waals surface area contributed by atoms with Gasteiger partial charge in [-0.1, -0.05) is 50.1 Å². The van der Waals surface area contributed by atoms with Gasteiger partial charge in [-0.15, -0.1) is 0 Å². The number of benzene rings is 1. The quantitative estimate of drug-likeness (QED) is 0.845. The Bertz CT molecular complexity index is 492. The average Bonchev–Trinajstić information content (AvgIpc) is 2.95. The maximum absolute atomic E-state index is 12.3. The highest BCUT2D eigenvalue weighted by molar-refractivity contribution is 5.87. The van der Waals surface area contributed by atoms with E-state index in [0.717, 1.165) is 24.8 Å². The molecule has 1 aliphatic rings. The summed E-state index contributed by atoms with van der Waals surface area (Å²) < 4.78 is 0. The minimum atomic E-state index is -1.04. The predicted molar refractivity (Wildman–Crippen MR) is 81.1 cm³/mol. The Morgan fingerprint density at radius 1 is 1.24 bits per heavy atom. The molecule has 1 aromatic carbocycles. The first-order valence-corrected chi connectivity index (χ1v) is 7.67. The summed E-state index contributed by atoms with van der Waals surface area (Å²) in [7, 11) is 0. The molecule has 114 valence electrons. The van der Waals surface area contributed by atoms with Crippen LogP contribution in [0.15, 0.2) is 30.3 Å². The molecule has 1 amide bonds. The minimum Gasteiger partial charge on any atom is -0.480 e. The summed E-state index contributed by atoms with van der Waals surface area (Å²) in [4.78, 5) is 23.7. The summed E-state index contributed by atoms with van der Waals surface area (Å²) in [5.41, 5.74) is 0.0949. The van der Waals surface area contributed by atoms with Gasteiger partial charge in [-0.05, 0) is 30.7 Å². The Labute approximate surface area is 125 Å². The predicted octanol–water partition coefficient (Wildman–Crippen LogP) is 3.08. The number of carboxylic acids is 1. The van der Waals surface area contributed by atoms with E-state index in [9.17, 15) is 14.7 Å². The molecule has 2 N–H and O–H groups in total. The summed E-state index contributed by atoms with van der Waals surface area (Å²) >= 11 is 0. The molecule has 0 bridgehead atoms. The average molecular weight is 289 g/mol. The molecule has 0 aromatic heterocycles. The molecule has 0 saturated heterocycles. The maximum Gasteiger partial charge on any atom is 0.329 e. The fourth-order valence-electron chi connectivity index (χ4n) is 3.14. The maximum atomic E-state index is 12.3. The molecule has 1 aromatic rings. The fraction of sp³-hybridized carbons (Fsp3) is 0.529. The molecule has 21 heavy (non-hydrogen) atoms. The summed E-state index contributed by atoms with van der Waals surface area (Å²) in [6.07, 6.45) is 4.00. The normalized spacial score (nSPS) is 18.1. The van der Waals surface area contributed by atoms with Crippen molar-refractivity contribution in [3.63, 3.8) is 0 Å². The van der Waals surface area contributed by atoms with Gasteiger partial charge in [0.15, 0.2) is 0 Å². The number of carbonyl (C=O) groups excluding carboxylic acids is 1. The van der Waals surface area contributed by atoms with Gasteiger partial charge in [0.25, 0.3) is 0 Å². The monoisotopic (exact) mass is 289 g/mol. The van der Waals surface area contributed by atoms with Crippen LogP contribution in [0.2, 0.25) is 0 Å². The molecule has 0 radical (unpaired) electrons. The zero-order valence-corrected chi connectivity index (χ0v) is 12.5. The van der Waals surface area contributed by atoms with Gasteiger partial charge in [-0.3, -0.25) is 4.79 Å². The lowest BCUT2D eigenvalue weighted by atomic mass is 9.91. The highest BCUT2D eigenvalue weighted by Crippen LogP contribution is 2.31. The van der Waals surface area contributed by atoms with Gasteiger partial charge < -0.3 is 10.4 Å². The lowest BCUT2D eigenvalue weighted by molar-refractivity contribution is -0.147. The van der Waals surface area contributed by atoms with Gasteiger partial charge in [-0.25, -0.2) is 4.79 Å². The molecule has 1 atom stereocenters. The third-order valence-corrected chi connectivity index (χ3v) is 4.44. The van der Waals surface area contributed by atoms with E-state index in [0.29, 0.717) is 19.3 Å². The van der Waals surface area contributed by atoms with Crippen molar-refractivity contribution < 1.29 is 14.7 Å². The third kappa shape index (κ3) is 3.63. The highest BCUT2D eigenvalue weighted by atomic mass is 16.4. The van der Waals surface area contributed by atoms with Crippen molar-refractivity contribution >= 4 is 11.9 Å². The Morgan fingerprint density at radius 3 is 2.38 bits per heavy atom. The zero-order chi connectivity index (χ0) is 15.3. The van der Waals surface area contributed by atoms with E-state index in [1.165, 1.54) is 0 Å². The molecular formula is C17H23NO3. The van der Waals surface area contributed by atoms with Crippen LogP contribution in [0.25, 0.3) is 0 Å². The minimum absolute atomic E-state index is 0.137. The number of amides is 1. The van der Waals surface area contributed by atoms with Gasteiger partial charge in [-0.2, -0.15) is 0 Å². The second-order valence-electron chi connectivity index (χ2n) is 5.86. The smallest absolute Gasteiger partial charge is 0.329 e. The molecule has 1 fully saturated rings. The van der Waals surface area contributed by atoms with E-state index >= 15 is 0 Å². The Kier molecular flexibility index (Phi) is 4.99. The first kappa shape index (κ1) is 15.5. The first-order valence-electron chi connectivity index (χ1n) is 7.67. The van der Waals surface area contributed by atoms with E-state index in [1.54, 1.807) is 0 Å². The number of aliphatic carboxylic acids is 1. The summed E-state index contributed by atoms with van der Waals surface area (Å²) in [6.45, 7) is 2.05. The van der Waals surface area contributed by atoms with E-state index < -0.39 is 11.5 Å². The van der Waals surface area contributed by atoms with Crippen LogP contribution >= 0.6 is 0 Å². The summed E-state index contributed by atoms with van der Waals surface area (Å²) in [5.74, 6) is -0.922. The standard InChI is InChI=1S/C17H23NO3/c1-2-13(14-8-4-3-5-9-14)12-15(19)18-17(16(20)21)10-6-7-11-17/h3-5,8-9,13H,2,6-7,10-12H2,1H3,(H,18,19)(H,20,21). The second-order valence-corrected chi connectivity index (χ2v) is 5.86. The van der Waals surface area contributed by atoms with Crippen molar-refractivity contribution in [3.05, 3.63) is 35.9 Å². The number of carboxylic acid groups (broad SMARTS) is 1. The molecule has 4 heteroatoms. The van der Waals surface area contributed by atoms with Crippen molar-refractivity contribution in [1.82, 2.24) is 5.32 Å². The van der Waals surface area contributed by atoms with Gasteiger partial charge in [0.2, 0.25) is 5.91 Å². The highest BCUT2D eigenvalue weighted by Gasteiger charge is 2.42. The topological polar surface area (TPSA) is 66.4 Å². The van der Waals surface area contributed by atoms with Crippen LogP contribution in [-0.2, 0) is 9.59 Å². The molecule has 2 rings (SSSR count). The van der Waals surface area contributed by atoms with Crippen LogP contribution in [-0.4, -0.2) is 22.5 Å². The molecule has 4 nitrogen and oxygen atoms in total. The largest absolute Gasteiger partial charge is 0.480 e. The van der Waals surface area contributed by atoms with Crippen LogP contribution in [0.3, 0.4) is 0 Å². The van der Waals surface area contributed by atoms with Crippen LogP contribution < -0.4 is 5.32 Å². The number of nitrogens with one attached hydrogen (secondary N) is 1. The molecule has 0 spiro atoms. The van der Waals surface area contributed by atoms with Crippen LogP contribution in [0.5, 0.6) is 0 Å². The van der Waals surface area contributed by atoms with Crippen molar-refractivity contribution in [2.45, 2.75) is 56.9 Å². The van der Waals surface area contributed by atoms with E-state index in [1.807, 2.05) is 37.3 Å². The second kappa shape index (κ2) is 6.74. The summed E-state index contributed by atoms with van der Waals surface area (Å²) in [6, 6.07) is 9.92. The van der Waals surface area contributed by atoms with Gasteiger partial charge in [0, 0.05) is 6.42 Å². The number of hydrogen-bond donors (Lipinski definition) is 2. The lowest BCUT2D eigenvalue weighted by Gasteiger charge is -2.26. The molecule has 1 saturated carbocycles. The van der Waals surface area contributed by atoms with Crippen LogP contribution in [0, 0.1) is 0 Å². The van der Waals surface area contributed by atoms with Gasteiger partial charge in [0.1, 0.15) is 5.54 Å². The van der Waals surface area contributed by atoms with Crippen molar-refractivity contribution in [2.75, 3.05) is 0 Å². The van der Waals surface area contributed by atoms with Crippen LogP contribution in [0.1, 0.15) is 56.9 Å². The Balaban J connectivity index is 2.01. The molecule has 0 aliphatic heterocycles. The SMILES string of the molecule is CCC(CC(=O)NC1(C(=O)O)CCCC1)c1ccccc1.